The molecule has 0 aromatic carbocycles. The van der Waals surface area contributed by atoms with Crippen LogP contribution in [0.2, 0.25) is 0 Å². The van der Waals surface area contributed by atoms with Crippen LogP contribution in [0.5, 0.6) is 5.75 Å². The van der Waals surface area contributed by atoms with Crippen LogP contribution in [0.15, 0.2) is 12.1 Å². The molecular formula is C13H19N3O4. The number of pyridine rings is 1. The summed E-state index contributed by atoms with van der Waals surface area (Å²) in [7, 11) is 0. The van der Waals surface area contributed by atoms with E-state index in [0.29, 0.717) is 5.69 Å². The molecule has 7 nitrogen and oxygen atoms in total. The van der Waals surface area contributed by atoms with Crippen molar-refractivity contribution in [2.45, 2.75) is 46.3 Å². The monoisotopic (exact) mass is 281 g/mol. The highest BCUT2D eigenvalue weighted by Crippen LogP contribution is 2.25. The lowest BCUT2D eigenvalue weighted by Gasteiger charge is -2.23. The van der Waals surface area contributed by atoms with Crippen LogP contribution in [0.3, 0.4) is 0 Å². The van der Waals surface area contributed by atoms with Crippen LogP contribution in [0, 0.1) is 17.0 Å². The Balaban J connectivity index is 2.88. The van der Waals surface area contributed by atoms with E-state index >= 15 is 0 Å². The molecule has 1 heterocycles. The lowest BCUT2D eigenvalue weighted by atomic mass is 10.1. The van der Waals surface area contributed by atoms with Crippen molar-refractivity contribution in [1.29, 1.82) is 0 Å². The fourth-order valence-electron chi connectivity index (χ4n) is 1.47. The van der Waals surface area contributed by atoms with Crippen LogP contribution in [-0.4, -0.2) is 27.5 Å². The third kappa shape index (κ3) is 4.49. The topological polar surface area (TPSA) is 94.4 Å². The first-order valence-corrected chi connectivity index (χ1v) is 6.21. The Kier molecular flexibility index (Phi) is 4.65. The Labute approximate surface area is 117 Å². The van der Waals surface area contributed by atoms with E-state index in [9.17, 15) is 14.9 Å². The molecule has 0 radical (unpaired) electrons. The summed E-state index contributed by atoms with van der Waals surface area (Å²) in [6.07, 6.45) is -0.850. The minimum absolute atomic E-state index is 0.0165. The van der Waals surface area contributed by atoms with E-state index < -0.39 is 16.6 Å². The maximum atomic E-state index is 11.9. The van der Waals surface area contributed by atoms with Crippen molar-refractivity contribution < 1.29 is 14.5 Å². The van der Waals surface area contributed by atoms with Gasteiger partial charge in [0.05, 0.1) is 0 Å². The maximum absolute atomic E-state index is 11.9. The second-order valence-corrected chi connectivity index (χ2v) is 5.53. The number of carbonyl (C=O) groups excluding carboxylic acids is 1. The summed E-state index contributed by atoms with van der Waals surface area (Å²) in [5.41, 5.74) is 0.113. The molecule has 1 aromatic heterocycles. The van der Waals surface area contributed by atoms with Crippen LogP contribution in [0.1, 0.15) is 33.4 Å². The van der Waals surface area contributed by atoms with Crippen molar-refractivity contribution in [3.05, 3.63) is 27.9 Å². The van der Waals surface area contributed by atoms with Gasteiger partial charge in [0.1, 0.15) is 5.69 Å². The normalized spacial score (nSPS) is 12.7. The smallest absolute Gasteiger partial charge is 0.406 e. The number of aryl methyl sites for hydroxylation is 1. The molecule has 0 saturated carbocycles. The molecule has 110 valence electrons. The Bertz CT molecular complexity index is 523. The van der Waals surface area contributed by atoms with Gasteiger partial charge in [-0.1, -0.05) is 0 Å². The number of carbonyl (C=O) groups is 1. The first-order valence-electron chi connectivity index (χ1n) is 6.21. The minimum Gasteiger partial charge on any atom is -0.473 e. The van der Waals surface area contributed by atoms with E-state index in [0.717, 1.165) is 0 Å². The Morgan fingerprint density at radius 3 is 2.55 bits per heavy atom. The largest absolute Gasteiger partial charge is 0.473 e. The van der Waals surface area contributed by atoms with Gasteiger partial charge in [0, 0.05) is 12.5 Å². The molecule has 0 fully saturated rings. The second kappa shape index (κ2) is 5.85. The predicted octanol–water partition coefficient (Wildman–Crippen LogP) is 1.98. The first kappa shape index (κ1) is 15.9. The number of amides is 1. The molecule has 1 rings (SSSR count). The summed E-state index contributed by atoms with van der Waals surface area (Å²) in [6.45, 7) is 8.70. The highest BCUT2D eigenvalue weighted by Gasteiger charge is 2.24. The van der Waals surface area contributed by atoms with Gasteiger partial charge >= 0.3 is 5.82 Å². The third-order valence-electron chi connectivity index (χ3n) is 2.32. The third-order valence-corrected chi connectivity index (χ3v) is 2.32. The summed E-state index contributed by atoms with van der Waals surface area (Å²) in [5, 5.41) is 13.7. The molecule has 0 unspecified atom stereocenters. The van der Waals surface area contributed by atoms with Gasteiger partial charge in [0.15, 0.2) is 6.10 Å². The van der Waals surface area contributed by atoms with Crippen LogP contribution in [0.4, 0.5) is 5.82 Å². The SMILES string of the molecule is Cc1ccc(O[C@@H](C)C(=O)NC(C)(C)C)c([N+](=O)[O-])n1. The van der Waals surface area contributed by atoms with Crippen molar-refractivity contribution in [2.75, 3.05) is 0 Å². The van der Waals surface area contributed by atoms with Crippen molar-refractivity contribution in [2.24, 2.45) is 0 Å². The molecule has 0 bridgehead atoms. The highest BCUT2D eigenvalue weighted by atomic mass is 16.6. The van der Waals surface area contributed by atoms with Gasteiger partial charge in [-0.25, -0.2) is 0 Å². The minimum atomic E-state index is -0.850. The Morgan fingerprint density at radius 2 is 2.05 bits per heavy atom. The van der Waals surface area contributed by atoms with E-state index in [1.165, 1.54) is 13.0 Å². The zero-order valence-electron chi connectivity index (χ0n) is 12.3. The molecule has 0 spiro atoms. The zero-order chi connectivity index (χ0) is 15.5. The van der Waals surface area contributed by atoms with Crippen LogP contribution in [-0.2, 0) is 4.79 Å². The number of ether oxygens (including phenoxy) is 1. The molecule has 0 aliphatic carbocycles. The van der Waals surface area contributed by atoms with Crippen LogP contribution in [0.25, 0.3) is 0 Å². The molecule has 7 heteroatoms. The molecule has 1 atom stereocenters. The lowest BCUT2D eigenvalue weighted by molar-refractivity contribution is -0.390. The standard InChI is InChI=1S/C13H19N3O4/c1-8-6-7-10(11(14-8)16(18)19)20-9(2)12(17)15-13(3,4)5/h6-7,9H,1-5H3,(H,15,17)/t9-/m0/s1. The number of nitrogens with zero attached hydrogens (tertiary/aromatic N) is 2. The summed E-state index contributed by atoms with van der Waals surface area (Å²) in [6, 6.07) is 3.04. The summed E-state index contributed by atoms with van der Waals surface area (Å²) >= 11 is 0. The Hall–Kier alpha value is -2.18. The van der Waals surface area contributed by atoms with Gasteiger partial charge in [0.25, 0.3) is 5.91 Å². The van der Waals surface area contributed by atoms with Crippen molar-refractivity contribution in [3.63, 3.8) is 0 Å². The van der Waals surface area contributed by atoms with Gasteiger partial charge in [-0.3, -0.25) is 4.79 Å². The number of nitrogens with one attached hydrogen (secondary N) is 1. The molecule has 20 heavy (non-hydrogen) atoms. The van der Waals surface area contributed by atoms with Gasteiger partial charge in [0.2, 0.25) is 5.75 Å². The van der Waals surface area contributed by atoms with E-state index in [1.54, 1.807) is 13.0 Å². The van der Waals surface area contributed by atoms with E-state index in [2.05, 4.69) is 10.3 Å². The molecule has 0 aliphatic heterocycles. The molecule has 1 N–H and O–H groups in total. The number of hydrogen-bond donors (Lipinski definition) is 1. The molecule has 1 amide bonds. The van der Waals surface area contributed by atoms with Crippen molar-refractivity contribution in [1.82, 2.24) is 10.3 Å². The summed E-state index contributed by atoms with van der Waals surface area (Å²) < 4.78 is 5.35. The van der Waals surface area contributed by atoms with Crippen LogP contribution >= 0.6 is 0 Å². The van der Waals surface area contributed by atoms with Gasteiger partial charge < -0.3 is 20.2 Å². The second-order valence-electron chi connectivity index (χ2n) is 5.53. The fraction of sp³-hybridized carbons (Fsp3) is 0.538. The van der Waals surface area contributed by atoms with Gasteiger partial charge in [-0.05, 0) is 49.7 Å². The number of hydrogen-bond acceptors (Lipinski definition) is 5. The van der Waals surface area contributed by atoms with Gasteiger partial charge in [-0.2, -0.15) is 0 Å². The number of aromatic nitrogens is 1. The zero-order valence-corrected chi connectivity index (χ0v) is 12.3. The quantitative estimate of drug-likeness (QED) is 0.672. The average Bonchev–Trinajstić information content (AvgIpc) is 2.28. The average molecular weight is 281 g/mol. The van der Waals surface area contributed by atoms with Crippen molar-refractivity contribution >= 4 is 11.7 Å². The Morgan fingerprint density at radius 1 is 1.45 bits per heavy atom. The summed E-state index contributed by atoms with van der Waals surface area (Å²) in [4.78, 5) is 26.0. The van der Waals surface area contributed by atoms with E-state index in [1.807, 2.05) is 20.8 Å². The molecule has 1 aromatic rings. The molecule has 0 aliphatic rings. The number of nitro groups is 1. The first-order chi connectivity index (χ1) is 9.10. The molecule has 0 saturated heterocycles. The van der Waals surface area contributed by atoms with E-state index in [-0.39, 0.29) is 17.5 Å². The van der Waals surface area contributed by atoms with E-state index in [4.69, 9.17) is 4.74 Å². The highest BCUT2D eigenvalue weighted by molar-refractivity contribution is 5.81. The predicted molar refractivity (Wildman–Crippen MR) is 73.6 cm³/mol. The lowest BCUT2D eigenvalue weighted by Crippen LogP contribution is -2.46. The summed E-state index contributed by atoms with van der Waals surface area (Å²) in [5.74, 6) is -0.745. The molecular weight excluding hydrogens is 262 g/mol. The fourth-order valence-corrected chi connectivity index (χ4v) is 1.47. The van der Waals surface area contributed by atoms with Gasteiger partial charge in [-0.15, -0.1) is 0 Å². The number of rotatable bonds is 4. The maximum Gasteiger partial charge on any atom is 0.406 e. The van der Waals surface area contributed by atoms with Crippen LogP contribution < -0.4 is 10.1 Å². The van der Waals surface area contributed by atoms with Crippen molar-refractivity contribution in [3.8, 4) is 5.75 Å².